The normalized spacial score (nSPS) is 18.5. The molecule has 1 aromatic carbocycles. The lowest BCUT2D eigenvalue weighted by Gasteiger charge is -2.42. The van der Waals surface area contributed by atoms with Gasteiger partial charge in [-0.25, -0.2) is 0 Å². The third-order valence-electron chi connectivity index (χ3n) is 7.91. The predicted molar refractivity (Wildman–Crippen MR) is 155 cm³/mol. The average Bonchev–Trinajstić information content (AvgIpc) is 2.97. The fraction of sp³-hybridized carbons (Fsp3) is 0.406. The lowest BCUT2D eigenvalue weighted by Crippen LogP contribution is -2.46. The quantitative estimate of drug-likeness (QED) is 0.284. The van der Waals surface area contributed by atoms with Crippen molar-refractivity contribution in [2.45, 2.75) is 44.7 Å². The predicted octanol–water partition coefficient (Wildman–Crippen LogP) is 3.78. The number of aromatic nitrogens is 1. The summed E-state index contributed by atoms with van der Waals surface area (Å²) in [6.45, 7) is 8.44. The first-order chi connectivity index (χ1) is 20.2. The van der Waals surface area contributed by atoms with Gasteiger partial charge in [0.1, 0.15) is 12.4 Å². The molecule has 1 saturated heterocycles. The highest BCUT2D eigenvalue weighted by Gasteiger charge is 2.35. The fourth-order valence-electron chi connectivity index (χ4n) is 6.05. The topological polar surface area (TPSA) is 120 Å². The number of aromatic hydroxyl groups is 1. The van der Waals surface area contributed by atoms with Gasteiger partial charge in [0, 0.05) is 43.4 Å². The van der Waals surface area contributed by atoms with E-state index in [4.69, 9.17) is 18.6 Å². The van der Waals surface area contributed by atoms with E-state index in [0.717, 1.165) is 24.2 Å². The summed E-state index contributed by atoms with van der Waals surface area (Å²) in [6.07, 6.45) is 0.824. The van der Waals surface area contributed by atoms with Crippen molar-refractivity contribution in [3.63, 3.8) is 0 Å². The van der Waals surface area contributed by atoms with Gasteiger partial charge in [-0.15, -0.1) is 0 Å². The maximum Gasteiger partial charge on any atom is 0.306 e. The van der Waals surface area contributed by atoms with Gasteiger partial charge in [0.25, 0.3) is 5.56 Å². The number of carbonyl (C=O) groups is 1. The smallest absolute Gasteiger partial charge is 0.306 e. The van der Waals surface area contributed by atoms with Crippen LogP contribution in [0, 0.1) is 5.92 Å². The van der Waals surface area contributed by atoms with E-state index in [2.05, 4.69) is 11.5 Å². The van der Waals surface area contributed by atoms with E-state index in [1.54, 1.807) is 30.3 Å². The maximum atomic E-state index is 13.0. The lowest BCUT2D eigenvalue weighted by atomic mass is 9.83. The molecule has 4 heterocycles. The summed E-state index contributed by atoms with van der Waals surface area (Å²) in [4.78, 5) is 40.1. The molecule has 10 nitrogen and oxygen atoms in total. The van der Waals surface area contributed by atoms with Crippen molar-refractivity contribution in [1.29, 1.82) is 0 Å². The second-order valence-corrected chi connectivity index (χ2v) is 11.2. The standard InChI is InChI=1S/C32H36N2O8/c1-19(2)18-41-27-9-8-21(11-28(27)39-3)24(13-30(37)40-4)32-31(38)26(35)12-23(42-32)17-33-14-20-10-22(16-33)25-6-5-7-29(36)34(25)15-20/h5-9,11-12,20,22,24,38H,1,10,13-18H2,2-4H3/t20-,22+,24+/m0/s1. The van der Waals surface area contributed by atoms with E-state index in [1.165, 1.54) is 20.3 Å². The van der Waals surface area contributed by atoms with Crippen LogP contribution >= 0.6 is 0 Å². The average molecular weight is 577 g/mol. The Morgan fingerprint density at radius 1 is 1.12 bits per heavy atom. The molecule has 0 saturated carbocycles. The first kappa shape index (κ1) is 29.2. The number of pyridine rings is 1. The van der Waals surface area contributed by atoms with Crippen LogP contribution in [0.4, 0.5) is 0 Å². The minimum Gasteiger partial charge on any atom is -0.502 e. The zero-order chi connectivity index (χ0) is 30.0. The number of nitrogens with zero attached hydrogens (tertiary/aromatic N) is 2. The second kappa shape index (κ2) is 12.3. The summed E-state index contributed by atoms with van der Waals surface area (Å²) < 4.78 is 24.3. The molecule has 2 aromatic heterocycles. The Morgan fingerprint density at radius 2 is 1.93 bits per heavy atom. The summed E-state index contributed by atoms with van der Waals surface area (Å²) in [7, 11) is 2.78. The van der Waals surface area contributed by atoms with Crippen LogP contribution in [-0.4, -0.2) is 54.5 Å². The zero-order valence-corrected chi connectivity index (χ0v) is 24.1. The van der Waals surface area contributed by atoms with Crippen molar-refractivity contribution in [1.82, 2.24) is 9.47 Å². The van der Waals surface area contributed by atoms with Crippen molar-refractivity contribution in [2.75, 3.05) is 33.9 Å². The molecule has 3 atom stereocenters. The van der Waals surface area contributed by atoms with Crippen molar-refractivity contribution in [3.05, 3.63) is 98.0 Å². The Labute approximate surface area is 243 Å². The summed E-state index contributed by atoms with van der Waals surface area (Å²) in [5.41, 5.74) is 1.87. The molecule has 0 spiro atoms. The molecule has 10 heteroatoms. The number of fused-ring (bicyclic) bond motifs is 4. The number of rotatable bonds is 10. The Hall–Kier alpha value is -4.31. The van der Waals surface area contributed by atoms with Crippen LogP contribution in [0.3, 0.4) is 0 Å². The van der Waals surface area contributed by atoms with Gasteiger partial charge in [0.15, 0.2) is 17.3 Å². The Morgan fingerprint density at radius 3 is 2.67 bits per heavy atom. The SMILES string of the molecule is C=C(C)COc1ccc([C@@H](CC(=O)OC)c2oc(CN3C[C@@H]4C[C@H](C3)c3cccc(=O)n3C4)cc(=O)c2O)cc1OC. The van der Waals surface area contributed by atoms with E-state index in [0.29, 0.717) is 55.0 Å². The lowest BCUT2D eigenvalue weighted by molar-refractivity contribution is -0.140. The maximum absolute atomic E-state index is 13.0. The molecule has 5 rings (SSSR count). The molecular formula is C32H36N2O8. The van der Waals surface area contributed by atoms with E-state index in [1.807, 2.05) is 17.6 Å². The zero-order valence-electron chi connectivity index (χ0n) is 24.1. The molecule has 42 heavy (non-hydrogen) atoms. The highest BCUT2D eigenvalue weighted by atomic mass is 16.5. The van der Waals surface area contributed by atoms with E-state index >= 15 is 0 Å². The van der Waals surface area contributed by atoms with Crippen LogP contribution in [0.1, 0.15) is 54.4 Å². The number of hydrogen-bond acceptors (Lipinski definition) is 9. The Kier molecular flexibility index (Phi) is 8.54. The summed E-state index contributed by atoms with van der Waals surface area (Å²) in [6, 6.07) is 11.8. The van der Waals surface area contributed by atoms with Crippen LogP contribution in [0.5, 0.6) is 17.2 Å². The Bertz CT molecular complexity index is 1610. The number of hydrogen-bond donors (Lipinski definition) is 1. The highest BCUT2D eigenvalue weighted by molar-refractivity contribution is 5.71. The molecule has 2 bridgehead atoms. The van der Waals surface area contributed by atoms with Gasteiger partial charge in [-0.2, -0.15) is 0 Å². The number of esters is 1. The highest BCUT2D eigenvalue weighted by Crippen LogP contribution is 2.39. The van der Waals surface area contributed by atoms with E-state index in [-0.39, 0.29) is 23.7 Å². The number of likely N-dealkylation sites (tertiary alicyclic amines) is 1. The number of methoxy groups -OCH3 is 2. The monoisotopic (exact) mass is 576 g/mol. The molecule has 3 aromatic rings. The van der Waals surface area contributed by atoms with Crippen molar-refractivity contribution in [2.24, 2.45) is 5.92 Å². The van der Waals surface area contributed by atoms with Gasteiger partial charge in [0.2, 0.25) is 11.2 Å². The van der Waals surface area contributed by atoms with Crippen LogP contribution in [0.15, 0.2) is 68.6 Å². The van der Waals surface area contributed by atoms with Gasteiger partial charge in [0.05, 0.1) is 33.1 Å². The number of carbonyl (C=O) groups excluding carboxylic acids is 1. The molecule has 222 valence electrons. The van der Waals surface area contributed by atoms with E-state index in [9.17, 15) is 19.5 Å². The number of ether oxygens (including phenoxy) is 3. The van der Waals surface area contributed by atoms with Gasteiger partial charge < -0.3 is 28.3 Å². The molecule has 1 fully saturated rings. The summed E-state index contributed by atoms with van der Waals surface area (Å²) in [5.74, 6) is -0.167. The molecule has 0 radical (unpaired) electrons. The van der Waals surface area contributed by atoms with Crippen LogP contribution in [0.2, 0.25) is 0 Å². The molecule has 2 aliphatic heterocycles. The third kappa shape index (κ3) is 6.13. The summed E-state index contributed by atoms with van der Waals surface area (Å²) in [5, 5.41) is 10.9. The largest absolute Gasteiger partial charge is 0.502 e. The van der Waals surface area contributed by atoms with E-state index < -0.39 is 23.1 Å². The molecule has 0 aliphatic carbocycles. The molecule has 0 unspecified atom stereocenters. The molecular weight excluding hydrogens is 540 g/mol. The van der Waals surface area contributed by atoms with Gasteiger partial charge in [-0.3, -0.25) is 19.3 Å². The first-order valence-electron chi connectivity index (χ1n) is 14.0. The summed E-state index contributed by atoms with van der Waals surface area (Å²) >= 11 is 0. The van der Waals surface area contributed by atoms with Crippen LogP contribution in [0.25, 0.3) is 0 Å². The van der Waals surface area contributed by atoms with Gasteiger partial charge in [-0.05, 0) is 48.6 Å². The second-order valence-electron chi connectivity index (χ2n) is 11.2. The van der Waals surface area contributed by atoms with Crippen molar-refractivity contribution in [3.8, 4) is 17.2 Å². The third-order valence-corrected chi connectivity index (χ3v) is 7.91. The van der Waals surface area contributed by atoms with Gasteiger partial charge in [-0.1, -0.05) is 18.7 Å². The number of benzene rings is 1. The molecule has 0 amide bonds. The minimum atomic E-state index is -0.825. The number of piperidine rings is 1. The minimum absolute atomic E-state index is 0.0188. The van der Waals surface area contributed by atoms with Gasteiger partial charge >= 0.3 is 5.97 Å². The van der Waals surface area contributed by atoms with Crippen LogP contribution in [-0.2, 0) is 22.6 Å². The molecule has 2 aliphatic rings. The first-order valence-corrected chi connectivity index (χ1v) is 14.0. The van der Waals surface area contributed by atoms with Crippen LogP contribution < -0.4 is 20.5 Å². The fourth-order valence-corrected chi connectivity index (χ4v) is 6.05. The van der Waals surface area contributed by atoms with Crippen molar-refractivity contribution < 1.29 is 28.5 Å². The molecule has 1 N–H and O–H groups in total. The Balaban J connectivity index is 1.45. The van der Waals surface area contributed by atoms with Crippen molar-refractivity contribution >= 4 is 5.97 Å².